The van der Waals surface area contributed by atoms with E-state index in [0.29, 0.717) is 5.75 Å². The van der Waals surface area contributed by atoms with E-state index in [1.165, 1.54) is 28.7 Å². The molecule has 0 radical (unpaired) electrons. The van der Waals surface area contributed by atoms with Crippen LogP contribution in [0, 0.1) is 0 Å². The first kappa shape index (κ1) is 18.7. The standard InChI is InChI=1S/C17H24N4OS2/c1-3-5-11-21(4-2)15(22)13-23-17-20-19-16(24-17)18-12-14-9-7-6-8-10-14/h6-10H,3-5,11-13H2,1-2H3,(H,18,19). The molecule has 24 heavy (non-hydrogen) atoms. The van der Waals surface area contributed by atoms with Crippen LogP contribution in [0.1, 0.15) is 32.3 Å². The highest BCUT2D eigenvalue weighted by Crippen LogP contribution is 2.26. The van der Waals surface area contributed by atoms with Crippen LogP contribution in [0.25, 0.3) is 0 Å². The van der Waals surface area contributed by atoms with Crippen LogP contribution in [-0.2, 0) is 11.3 Å². The number of hydrogen-bond acceptors (Lipinski definition) is 6. The fourth-order valence-electron chi connectivity index (χ4n) is 2.14. The van der Waals surface area contributed by atoms with Crippen LogP contribution in [0.5, 0.6) is 0 Å². The number of hydrogen-bond donors (Lipinski definition) is 1. The molecule has 0 atom stereocenters. The van der Waals surface area contributed by atoms with Gasteiger partial charge < -0.3 is 10.2 Å². The Kier molecular flexibility index (Phi) is 8.04. The summed E-state index contributed by atoms with van der Waals surface area (Å²) in [6.07, 6.45) is 2.15. The maximum Gasteiger partial charge on any atom is 0.233 e. The lowest BCUT2D eigenvalue weighted by molar-refractivity contribution is -0.128. The fraction of sp³-hybridized carbons (Fsp3) is 0.471. The molecule has 7 heteroatoms. The first-order valence-electron chi connectivity index (χ1n) is 8.24. The second-order valence-electron chi connectivity index (χ2n) is 5.33. The topological polar surface area (TPSA) is 58.1 Å². The van der Waals surface area contributed by atoms with Crippen molar-refractivity contribution in [3.8, 4) is 0 Å². The number of nitrogens with one attached hydrogen (secondary N) is 1. The molecule has 2 rings (SSSR count). The molecule has 0 aliphatic heterocycles. The van der Waals surface area contributed by atoms with E-state index < -0.39 is 0 Å². The molecular weight excluding hydrogens is 340 g/mol. The molecule has 1 aromatic carbocycles. The van der Waals surface area contributed by atoms with Crippen molar-refractivity contribution in [3.63, 3.8) is 0 Å². The van der Waals surface area contributed by atoms with Gasteiger partial charge >= 0.3 is 0 Å². The smallest absolute Gasteiger partial charge is 0.233 e. The molecule has 1 heterocycles. The number of aromatic nitrogens is 2. The average Bonchev–Trinajstić information content (AvgIpc) is 3.07. The zero-order valence-electron chi connectivity index (χ0n) is 14.2. The Morgan fingerprint density at radius 1 is 1.25 bits per heavy atom. The Morgan fingerprint density at radius 3 is 2.75 bits per heavy atom. The van der Waals surface area contributed by atoms with E-state index in [1.54, 1.807) is 0 Å². The predicted octanol–water partition coefficient (Wildman–Crippen LogP) is 3.89. The Hall–Kier alpha value is -1.60. The lowest BCUT2D eigenvalue weighted by atomic mass is 10.2. The van der Waals surface area contributed by atoms with Gasteiger partial charge in [0.2, 0.25) is 11.0 Å². The van der Waals surface area contributed by atoms with Crippen LogP contribution in [-0.4, -0.2) is 39.8 Å². The van der Waals surface area contributed by atoms with Crippen LogP contribution in [0.2, 0.25) is 0 Å². The lowest BCUT2D eigenvalue weighted by Gasteiger charge is -2.19. The van der Waals surface area contributed by atoms with E-state index in [0.717, 1.165) is 41.9 Å². The number of unbranched alkanes of at least 4 members (excludes halogenated alkanes) is 1. The van der Waals surface area contributed by atoms with Gasteiger partial charge in [-0.25, -0.2) is 0 Å². The zero-order chi connectivity index (χ0) is 17.2. The fourth-order valence-corrected chi connectivity index (χ4v) is 3.79. The number of benzene rings is 1. The van der Waals surface area contributed by atoms with Gasteiger partial charge in [-0.15, -0.1) is 10.2 Å². The highest BCUT2D eigenvalue weighted by atomic mass is 32.2. The number of thioether (sulfide) groups is 1. The van der Waals surface area contributed by atoms with E-state index in [-0.39, 0.29) is 5.91 Å². The molecule has 0 aliphatic carbocycles. The second-order valence-corrected chi connectivity index (χ2v) is 7.53. The van der Waals surface area contributed by atoms with Gasteiger partial charge in [0.15, 0.2) is 4.34 Å². The minimum atomic E-state index is 0.171. The second kappa shape index (κ2) is 10.3. The summed E-state index contributed by atoms with van der Waals surface area (Å²) in [7, 11) is 0. The SMILES string of the molecule is CCCCN(CC)C(=O)CSc1nnc(NCc2ccccc2)s1. The number of carbonyl (C=O) groups excluding carboxylic acids is 1. The maximum absolute atomic E-state index is 12.2. The quantitative estimate of drug-likeness (QED) is 0.648. The first-order valence-corrected chi connectivity index (χ1v) is 10.0. The molecule has 0 spiro atoms. The summed E-state index contributed by atoms with van der Waals surface area (Å²) < 4.78 is 0.824. The summed E-state index contributed by atoms with van der Waals surface area (Å²) in [6, 6.07) is 10.2. The summed E-state index contributed by atoms with van der Waals surface area (Å²) in [6.45, 7) is 6.48. The van der Waals surface area contributed by atoms with Crippen LogP contribution in [0.3, 0.4) is 0 Å². The van der Waals surface area contributed by atoms with Crippen LogP contribution >= 0.6 is 23.1 Å². The van der Waals surface area contributed by atoms with Crippen molar-refractivity contribution in [2.24, 2.45) is 0 Å². The van der Waals surface area contributed by atoms with Gasteiger partial charge in [0.25, 0.3) is 0 Å². The van der Waals surface area contributed by atoms with E-state index in [9.17, 15) is 4.79 Å². The van der Waals surface area contributed by atoms with Crippen molar-refractivity contribution < 1.29 is 4.79 Å². The van der Waals surface area contributed by atoms with Crippen LogP contribution < -0.4 is 5.32 Å². The number of nitrogens with zero attached hydrogens (tertiary/aromatic N) is 3. The molecular formula is C17H24N4OS2. The van der Waals surface area contributed by atoms with Gasteiger partial charge in [0.05, 0.1) is 5.75 Å². The van der Waals surface area contributed by atoms with Crippen molar-refractivity contribution in [2.75, 3.05) is 24.2 Å². The van der Waals surface area contributed by atoms with Gasteiger partial charge in [-0.3, -0.25) is 4.79 Å². The van der Waals surface area contributed by atoms with E-state index in [2.05, 4.69) is 34.6 Å². The third kappa shape index (κ3) is 6.13. The van der Waals surface area contributed by atoms with E-state index in [4.69, 9.17) is 0 Å². The minimum absolute atomic E-state index is 0.171. The maximum atomic E-state index is 12.2. The third-order valence-electron chi connectivity index (χ3n) is 3.53. The number of rotatable bonds is 10. The summed E-state index contributed by atoms with van der Waals surface area (Å²) in [5.41, 5.74) is 1.20. The lowest BCUT2D eigenvalue weighted by Crippen LogP contribution is -2.33. The molecule has 0 saturated carbocycles. The normalized spacial score (nSPS) is 10.6. The Balaban J connectivity index is 1.77. The molecule has 5 nitrogen and oxygen atoms in total. The van der Waals surface area contributed by atoms with Crippen molar-refractivity contribution in [2.45, 2.75) is 37.6 Å². The van der Waals surface area contributed by atoms with Gasteiger partial charge in [-0.1, -0.05) is 66.8 Å². The highest BCUT2D eigenvalue weighted by Gasteiger charge is 2.13. The molecule has 2 aromatic rings. The van der Waals surface area contributed by atoms with Crippen molar-refractivity contribution in [3.05, 3.63) is 35.9 Å². The molecule has 0 unspecified atom stereocenters. The molecule has 0 fully saturated rings. The number of carbonyl (C=O) groups is 1. The third-order valence-corrected chi connectivity index (χ3v) is 5.53. The Bertz CT molecular complexity index is 618. The Morgan fingerprint density at radius 2 is 2.04 bits per heavy atom. The number of amides is 1. The predicted molar refractivity (Wildman–Crippen MR) is 102 cm³/mol. The Labute approximate surface area is 151 Å². The highest BCUT2D eigenvalue weighted by molar-refractivity contribution is 8.01. The van der Waals surface area contributed by atoms with Crippen molar-refractivity contribution >= 4 is 34.1 Å². The summed E-state index contributed by atoms with van der Waals surface area (Å²) in [4.78, 5) is 14.1. The van der Waals surface area contributed by atoms with Gasteiger partial charge in [0, 0.05) is 19.6 Å². The van der Waals surface area contributed by atoms with Crippen LogP contribution in [0.4, 0.5) is 5.13 Å². The van der Waals surface area contributed by atoms with E-state index in [1.807, 2.05) is 30.0 Å². The molecule has 0 saturated heterocycles. The summed E-state index contributed by atoms with van der Waals surface area (Å²) >= 11 is 2.95. The van der Waals surface area contributed by atoms with Gasteiger partial charge in [0.1, 0.15) is 0 Å². The monoisotopic (exact) mass is 364 g/mol. The molecule has 1 N–H and O–H groups in total. The summed E-state index contributed by atoms with van der Waals surface area (Å²) in [5, 5.41) is 12.3. The van der Waals surface area contributed by atoms with Crippen molar-refractivity contribution in [1.82, 2.24) is 15.1 Å². The largest absolute Gasteiger partial charge is 0.356 e. The van der Waals surface area contributed by atoms with Gasteiger partial charge in [-0.2, -0.15) is 0 Å². The molecule has 0 bridgehead atoms. The molecule has 1 amide bonds. The first-order chi connectivity index (χ1) is 11.7. The van der Waals surface area contributed by atoms with Gasteiger partial charge in [-0.05, 0) is 18.9 Å². The average molecular weight is 365 g/mol. The van der Waals surface area contributed by atoms with Crippen molar-refractivity contribution in [1.29, 1.82) is 0 Å². The molecule has 130 valence electrons. The molecule has 0 aliphatic rings. The zero-order valence-corrected chi connectivity index (χ0v) is 15.8. The summed E-state index contributed by atoms with van der Waals surface area (Å²) in [5.74, 6) is 0.593. The van der Waals surface area contributed by atoms with E-state index >= 15 is 0 Å². The minimum Gasteiger partial charge on any atom is -0.356 e. The number of anilines is 1. The molecule has 1 aromatic heterocycles. The van der Waals surface area contributed by atoms with Crippen LogP contribution in [0.15, 0.2) is 34.7 Å².